The summed E-state index contributed by atoms with van der Waals surface area (Å²) < 4.78 is 11.3. The average molecular weight is 523 g/mol. The quantitative estimate of drug-likeness (QED) is 0.465. The summed E-state index contributed by atoms with van der Waals surface area (Å²) in [6, 6.07) is 13.2. The molecule has 0 radical (unpaired) electrons. The van der Waals surface area contributed by atoms with Gasteiger partial charge in [-0.15, -0.1) is 0 Å². The van der Waals surface area contributed by atoms with E-state index in [1.165, 1.54) is 5.01 Å². The first-order valence-electron chi connectivity index (χ1n) is 13.4. The van der Waals surface area contributed by atoms with E-state index in [1.54, 1.807) is 7.11 Å². The first kappa shape index (κ1) is 27.6. The number of rotatable bonds is 11. The highest BCUT2D eigenvalue weighted by molar-refractivity contribution is 6.04. The predicted octanol–water partition coefficient (Wildman–Crippen LogP) is 3.80. The van der Waals surface area contributed by atoms with Crippen LogP contribution in [-0.4, -0.2) is 72.0 Å². The average Bonchev–Trinajstić information content (AvgIpc) is 2.93. The number of likely N-dealkylation sites (tertiary alicyclic amines) is 1. The number of carbonyl (C=O) groups excluding carboxylic acids is 2. The zero-order chi connectivity index (χ0) is 26.9. The summed E-state index contributed by atoms with van der Waals surface area (Å²) in [5, 5.41) is 18.7. The largest absolute Gasteiger partial charge is 0.493 e. The molecule has 2 amide bonds. The standard InChI is InChI=1S/C29H38N4O5/c1-3-18-38-27-19-22(6-10-26(27)37-2)25-9-11-29(36)33(31-25)20-21-4-7-23(8-5-21)30-28(35)14-17-32-15-12-24(34)13-16-32/h4-8,10,19,24,34H,3,9,11-18,20H2,1-2H3,(H,30,35). The fourth-order valence-electron chi connectivity index (χ4n) is 4.61. The van der Waals surface area contributed by atoms with E-state index in [-0.39, 0.29) is 17.9 Å². The molecule has 1 fully saturated rings. The summed E-state index contributed by atoms with van der Waals surface area (Å²) >= 11 is 0. The molecule has 2 heterocycles. The minimum Gasteiger partial charge on any atom is -0.493 e. The number of anilines is 1. The van der Waals surface area contributed by atoms with E-state index in [1.807, 2.05) is 42.5 Å². The third-order valence-electron chi connectivity index (χ3n) is 6.85. The van der Waals surface area contributed by atoms with Gasteiger partial charge >= 0.3 is 0 Å². The number of hydrogen-bond acceptors (Lipinski definition) is 7. The molecule has 0 aromatic heterocycles. The summed E-state index contributed by atoms with van der Waals surface area (Å²) in [4.78, 5) is 27.2. The Morgan fingerprint density at radius 1 is 1.11 bits per heavy atom. The number of hydrogen-bond donors (Lipinski definition) is 2. The molecule has 0 unspecified atom stereocenters. The lowest BCUT2D eigenvalue weighted by molar-refractivity contribution is -0.132. The number of methoxy groups -OCH3 is 1. The van der Waals surface area contributed by atoms with Crippen LogP contribution < -0.4 is 14.8 Å². The zero-order valence-corrected chi connectivity index (χ0v) is 22.3. The molecule has 1 saturated heterocycles. The molecule has 204 valence electrons. The lowest BCUT2D eigenvalue weighted by Crippen LogP contribution is -2.37. The number of carbonyl (C=O) groups is 2. The minimum absolute atomic E-state index is 0.0210. The second-order valence-electron chi connectivity index (χ2n) is 9.78. The van der Waals surface area contributed by atoms with E-state index in [9.17, 15) is 14.7 Å². The van der Waals surface area contributed by atoms with Crippen molar-refractivity contribution in [2.75, 3.05) is 38.7 Å². The van der Waals surface area contributed by atoms with Crippen LogP contribution in [0.4, 0.5) is 5.69 Å². The van der Waals surface area contributed by atoms with Crippen LogP contribution in [0.2, 0.25) is 0 Å². The molecule has 2 aromatic rings. The SMILES string of the molecule is CCCOc1cc(C2=NN(Cc3ccc(NC(=O)CCN4CCC(O)CC4)cc3)C(=O)CC2)ccc1OC. The molecule has 9 heteroatoms. The van der Waals surface area contributed by atoms with Crippen LogP contribution in [-0.2, 0) is 16.1 Å². The lowest BCUT2D eigenvalue weighted by atomic mass is 10.0. The van der Waals surface area contributed by atoms with Gasteiger partial charge in [0.05, 0.1) is 32.1 Å². The van der Waals surface area contributed by atoms with Gasteiger partial charge in [-0.1, -0.05) is 19.1 Å². The molecule has 0 bridgehead atoms. The fraction of sp³-hybridized carbons (Fsp3) is 0.483. The number of amides is 2. The van der Waals surface area contributed by atoms with Crippen molar-refractivity contribution >= 4 is 23.2 Å². The van der Waals surface area contributed by atoms with Gasteiger partial charge in [-0.2, -0.15) is 5.10 Å². The first-order valence-corrected chi connectivity index (χ1v) is 13.4. The highest BCUT2D eigenvalue weighted by atomic mass is 16.5. The molecule has 0 atom stereocenters. The van der Waals surface area contributed by atoms with Crippen LogP contribution in [0.1, 0.15) is 56.6 Å². The van der Waals surface area contributed by atoms with Crippen molar-refractivity contribution in [1.82, 2.24) is 9.91 Å². The molecule has 4 rings (SSSR count). The number of hydrazone groups is 1. The van der Waals surface area contributed by atoms with Crippen LogP contribution >= 0.6 is 0 Å². The van der Waals surface area contributed by atoms with Crippen LogP contribution in [0, 0.1) is 0 Å². The highest BCUT2D eigenvalue weighted by Gasteiger charge is 2.23. The number of piperidine rings is 1. The van der Waals surface area contributed by atoms with Crippen molar-refractivity contribution in [2.24, 2.45) is 5.10 Å². The normalized spacial score (nSPS) is 16.8. The molecule has 0 aliphatic carbocycles. The van der Waals surface area contributed by atoms with E-state index in [4.69, 9.17) is 9.47 Å². The molecular formula is C29H38N4O5. The number of nitrogens with one attached hydrogen (secondary N) is 1. The molecular weight excluding hydrogens is 484 g/mol. The Hall–Kier alpha value is -3.43. The maximum Gasteiger partial charge on any atom is 0.243 e. The third-order valence-corrected chi connectivity index (χ3v) is 6.85. The summed E-state index contributed by atoms with van der Waals surface area (Å²) in [5.74, 6) is 1.29. The Morgan fingerprint density at radius 3 is 2.58 bits per heavy atom. The van der Waals surface area contributed by atoms with Crippen molar-refractivity contribution in [3.05, 3.63) is 53.6 Å². The Bertz CT molecular complexity index is 1130. The third kappa shape index (κ3) is 7.55. The topological polar surface area (TPSA) is 104 Å². The molecule has 0 saturated carbocycles. The Morgan fingerprint density at radius 2 is 1.87 bits per heavy atom. The van der Waals surface area contributed by atoms with Crippen LogP contribution in [0.5, 0.6) is 11.5 Å². The Labute approximate surface area is 224 Å². The summed E-state index contributed by atoms with van der Waals surface area (Å²) in [7, 11) is 1.62. The van der Waals surface area contributed by atoms with Crippen molar-refractivity contribution in [1.29, 1.82) is 0 Å². The molecule has 9 nitrogen and oxygen atoms in total. The second kappa shape index (κ2) is 13.4. The number of benzene rings is 2. The smallest absolute Gasteiger partial charge is 0.243 e. The number of nitrogens with zero attached hydrogens (tertiary/aromatic N) is 3. The van der Waals surface area contributed by atoms with Gasteiger partial charge < -0.3 is 24.8 Å². The monoisotopic (exact) mass is 522 g/mol. The van der Waals surface area contributed by atoms with Crippen molar-refractivity contribution in [3.8, 4) is 11.5 Å². The Kier molecular flexibility index (Phi) is 9.73. The molecule has 2 aliphatic heterocycles. The van der Waals surface area contributed by atoms with E-state index in [0.717, 1.165) is 54.9 Å². The van der Waals surface area contributed by atoms with Crippen LogP contribution in [0.25, 0.3) is 0 Å². The van der Waals surface area contributed by atoms with E-state index in [2.05, 4.69) is 22.2 Å². The van der Waals surface area contributed by atoms with E-state index < -0.39 is 0 Å². The number of ether oxygens (including phenoxy) is 2. The lowest BCUT2D eigenvalue weighted by Gasteiger charge is -2.29. The van der Waals surface area contributed by atoms with Gasteiger partial charge in [-0.3, -0.25) is 9.59 Å². The molecule has 2 aromatic carbocycles. The first-order chi connectivity index (χ1) is 18.4. The second-order valence-corrected chi connectivity index (χ2v) is 9.78. The van der Waals surface area contributed by atoms with Crippen LogP contribution in [0.15, 0.2) is 47.6 Å². The van der Waals surface area contributed by atoms with Gasteiger partial charge in [0, 0.05) is 50.1 Å². The number of aliphatic hydroxyl groups excluding tert-OH is 1. The molecule has 2 N–H and O–H groups in total. The van der Waals surface area contributed by atoms with E-state index >= 15 is 0 Å². The summed E-state index contributed by atoms with van der Waals surface area (Å²) in [5.41, 5.74) is 3.39. The van der Waals surface area contributed by atoms with Gasteiger partial charge in [0.2, 0.25) is 11.8 Å². The van der Waals surface area contributed by atoms with Gasteiger partial charge in [0.15, 0.2) is 11.5 Å². The van der Waals surface area contributed by atoms with Gasteiger partial charge in [-0.25, -0.2) is 5.01 Å². The zero-order valence-electron chi connectivity index (χ0n) is 22.3. The van der Waals surface area contributed by atoms with Gasteiger partial charge in [-0.05, 0) is 55.2 Å². The Balaban J connectivity index is 1.34. The summed E-state index contributed by atoms with van der Waals surface area (Å²) in [6.45, 7) is 5.34. The van der Waals surface area contributed by atoms with Crippen LogP contribution in [0.3, 0.4) is 0 Å². The van der Waals surface area contributed by atoms with Gasteiger partial charge in [0.25, 0.3) is 0 Å². The summed E-state index contributed by atoms with van der Waals surface area (Å²) in [6.07, 6.45) is 3.58. The maximum atomic E-state index is 12.6. The number of aliphatic hydroxyl groups is 1. The van der Waals surface area contributed by atoms with Crippen molar-refractivity contribution in [2.45, 2.75) is 58.1 Å². The minimum atomic E-state index is -0.212. The van der Waals surface area contributed by atoms with Gasteiger partial charge in [0.1, 0.15) is 0 Å². The van der Waals surface area contributed by atoms with E-state index in [0.29, 0.717) is 50.5 Å². The molecule has 2 aliphatic rings. The van der Waals surface area contributed by atoms with Crippen molar-refractivity contribution in [3.63, 3.8) is 0 Å². The maximum absolute atomic E-state index is 12.6. The molecule has 0 spiro atoms. The predicted molar refractivity (Wildman–Crippen MR) is 146 cm³/mol. The van der Waals surface area contributed by atoms with Crippen molar-refractivity contribution < 1.29 is 24.2 Å². The highest BCUT2D eigenvalue weighted by Crippen LogP contribution is 2.30. The fourth-order valence-corrected chi connectivity index (χ4v) is 4.61. The molecule has 38 heavy (non-hydrogen) atoms.